The number of nitro groups is 1. The summed E-state index contributed by atoms with van der Waals surface area (Å²) in [7, 11) is 0. The van der Waals surface area contributed by atoms with Crippen molar-refractivity contribution in [2.24, 2.45) is 0 Å². The lowest BCUT2D eigenvalue weighted by Gasteiger charge is -2.07. The fourth-order valence-corrected chi connectivity index (χ4v) is 2.09. The van der Waals surface area contributed by atoms with Crippen LogP contribution in [0.2, 0.25) is 0 Å². The molecule has 0 spiro atoms. The van der Waals surface area contributed by atoms with Crippen LogP contribution in [0, 0.1) is 17.0 Å². The Morgan fingerprint density at radius 2 is 2.11 bits per heavy atom. The van der Waals surface area contributed by atoms with Crippen molar-refractivity contribution in [1.82, 2.24) is 5.16 Å². The second-order valence-electron chi connectivity index (χ2n) is 4.72. The van der Waals surface area contributed by atoms with Gasteiger partial charge in [0.1, 0.15) is 5.69 Å². The second-order valence-corrected chi connectivity index (χ2v) is 4.72. The van der Waals surface area contributed by atoms with Crippen LogP contribution >= 0.6 is 0 Å². The summed E-state index contributed by atoms with van der Waals surface area (Å²) >= 11 is 0. The monoisotopic (exact) mass is 261 g/mol. The zero-order valence-electron chi connectivity index (χ0n) is 11.0. The normalized spacial score (nSPS) is 10.9. The molecule has 0 atom stereocenters. The molecule has 2 rings (SSSR count). The molecule has 0 aliphatic heterocycles. The Labute approximate surface area is 110 Å². The van der Waals surface area contributed by atoms with Crippen molar-refractivity contribution in [2.45, 2.75) is 26.7 Å². The van der Waals surface area contributed by atoms with Crippen molar-refractivity contribution < 1.29 is 9.45 Å². The Hall–Kier alpha value is -2.37. The highest BCUT2D eigenvalue weighted by Gasteiger charge is 2.20. The lowest BCUT2D eigenvalue weighted by atomic mass is 9.96. The number of nitro benzene ring substituents is 1. The van der Waals surface area contributed by atoms with E-state index >= 15 is 0 Å². The number of rotatable bonds is 3. The maximum atomic E-state index is 10.7. The van der Waals surface area contributed by atoms with Crippen LogP contribution in [-0.2, 0) is 0 Å². The summed E-state index contributed by atoms with van der Waals surface area (Å²) in [6.45, 7) is 5.79. The van der Waals surface area contributed by atoms with Gasteiger partial charge in [-0.15, -0.1) is 0 Å². The molecule has 2 aromatic rings. The summed E-state index contributed by atoms with van der Waals surface area (Å²) in [5.41, 5.74) is 8.88. The molecular weight excluding hydrogens is 246 g/mol. The van der Waals surface area contributed by atoms with Gasteiger partial charge in [0.15, 0.2) is 0 Å². The zero-order chi connectivity index (χ0) is 14.2. The van der Waals surface area contributed by atoms with Crippen LogP contribution in [0.1, 0.15) is 30.9 Å². The van der Waals surface area contributed by atoms with E-state index in [1.807, 2.05) is 13.8 Å². The molecule has 0 amide bonds. The smallest absolute Gasteiger partial charge is 0.269 e. The minimum Gasteiger partial charge on any atom is -0.367 e. The predicted molar refractivity (Wildman–Crippen MR) is 71.8 cm³/mol. The van der Waals surface area contributed by atoms with Gasteiger partial charge >= 0.3 is 0 Å². The largest absolute Gasteiger partial charge is 0.367 e. The molecule has 0 saturated heterocycles. The van der Waals surface area contributed by atoms with Crippen molar-refractivity contribution in [3.05, 3.63) is 39.4 Å². The highest BCUT2D eigenvalue weighted by molar-refractivity contribution is 5.71. The molecule has 0 bridgehead atoms. The Morgan fingerprint density at radius 1 is 1.42 bits per heavy atom. The lowest BCUT2D eigenvalue weighted by molar-refractivity contribution is -0.384. The average Bonchev–Trinajstić information content (AvgIpc) is 2.70. The maximum Gasteiger partial charge on any atom is 0.269 e. The van der Waals surface area contributed by atoms with Gasteiger partial charge in [0, 0.05) is 23.3 Å². The molecule has 0 aliphatic carbocycles. The molecule has 2 N–H and O–H groups in total. The number of nitrogen functional groups attached to an aromatic ring is 1. The first-order valence-corrected chi connectivity index (χ1v) is 5.92. The van der Waals surface area contributed by atoms with E-state index in [-0.39, 0.29) is 11.6 Å². The summed E-state index contributed by atoms with van der Waals surface area (Å²) in [6.07, 6.45) is 0. The van der Waals surface area contributed by atoms with Crippen molar-refractivity contribution in [3.8, 4) is 11.3 Å². The van der Waals surface area contributed by atoms with Crippen LogP contribution in [0.15, 0.2) is 22.7 Å². The molecule has 1 aromatic heterocycles. The molecule has 0 fully saturated rings. The first kappa shape index (κ1) is 13.1. The standard InChI is InChI=1S/C13H15N3O3/c1-7(2)11-12(15-19-13(11)14)10-5-4-9(16(17)18)6-8(10)3/h4-7H,14H2,1-3H3. The van der Waals surface area contributed by atoms with Gasteiger partial charge < -0.3 is 10.3 Å². The SMILES string of the molecule is Cc1cc([N+](=O)[O-])ccc1-c1noc(N)c1C(C)C. The third-order valence-corrected chi connectivity index (χ3v) is 3.01. The first-order chi connectivity index (χ1) is 8.91. The quantitative estimate of drug-likeness (QED) is 0.675. The number of nitrogens with zero attached hydrogens (tertiary/aromatic N) is 2. The van der Waals surface area contributed by atoms with Gasteiger partial charge in [0.05, 0.1) is 4.92 Å². The topological polar surface area (TPSA) is 95.2 Å². The summed E-state index contributed by atoms with van der Waals surface area (Å²) in [5, 5.41) is 14.7. The molecular formula is C13H15N3O3. The number of hydrogen-bond donors (Lipinski definition) is 1. The highest BCUT2D eigenvalue weighted by atomic mass is 16.6. The van der Waals surface area contributed by atoms with Crippen molar-refractivity contribution in [2.75, 3.05) is 5.73 Å². The van der Waals surface area contributed by atoms with E-state index in [1.165, 1.54) is 12.1 Å². The van der Waals surface area contributed by atoms with Crippen molar-refractivity contribution in [3.63, 3.8) is 0 Å². The Morgan fingerprint density at radius 3 is 2.63 bits per heavy atom. The fourth-order valence-electron chi connectivity index (χ4n) is 2.09. The van der Waals surface area contributed by atoms with Gasteiger partial charge in [0.25, 0.3) is 5.69 Å². The van der Waals surface area contributed by atoms with Crippen LogP contribution < -0.4 is 5.73 Å². The van der Waals surface area contributed by atoms with Gasteiger partial charge in [-0.1, -0.05) is 19.0 Å². The molecule has 100 valence electrons. The minimum atomic E-state index is -0.419. The molecule has 1 aromatic carbocycles. The summed E-state index contributed by atoms with van der Waals surface area (Å²) in [5.74, 6) is 0.457. The minimum absolute atomic E-state index is 0.0591. The molecule has 19 heavy (non-hydrogen) atoms. The van der Waals surface area contributed by atoms with Crippen LogP contribution in [-0.4, -0.2) is 10.1 Å². The number of benzene rings is 1. The van der Waals surface area contributed by atoms with E-state index in [2.05, 4.69) is 5.16 Å². The number of hydrogen-bond acceptors (Lipinski definition) is 5. The van der Waals surface area contributed by atoms with Crippen LogP contribution in [0.25, 0.3) is 11.3 Å². The van der Waals surface area contributed by atoms with E-state index in [9.17, 15) is 10.1 Å². The van der Waals surface area contributed by atoms with Crippen molar-refractivity contribution >= 4 is 11.6 Å². The van der Waals surface area contributed by atoms with Gasteiger partial charge in [-0.05, 0) is 24.5 Å². The Balaban J connectivity index is 2.57. The highest BCUT2D eigenvalue weighted by Crippen LogP contribution is 2.35. The molecule has 0 saturated carbocycles. The maximum absolute atomic E-state index is 10.7. The lowest BCUT2D eigenvalue weighted by Crippen LogP contribution is -1.96. The van der Waals surface area contributed by atoms with Crippen LogP contribution in [0.3, 0.4) is 0 Å². The van der Waals surface area contributed by atoms with E-state index in [0.717, 1.165) is 16.7 Å². The molecule has 0 unspecified atom stereocenters. The van der Waals surface area contributed by atoms with Crippen molar-refractivity contribution in [1.29, 1.82) is 0 Å². The van der Waals surface area contributed by atoms with Gasteiger partial charge in [0.2, 0.25) is 5.88 Å². The van der Waals surface area contributed by atoms with E-state index in [1.54, 1.807) is 13.0 Å². The van der Waals surface area contributed by atoms with Gasteiger partial charge in [-0.2, -0.15) is 0 Å². The zero-order valence-corrected chi connectivity index (χ0v) is 11.0. The van der Waals surface area contributed by atoms with Crippen LogP contribution in [0.5, 0.6) is 0 Å². The molecule has 0 aliphatic rings. The van der Waals surface area contributed by atoms with E-state index < -0.39 is 4.92 Å². The number of nitrogens with two attached hydrogens (primary N) is 1. The first-order valence-electron chi connectivity index (χ1n) is 5.92. The number of anilines is 1. The second kappa shape index (κ2) is 4.72. The van der Waals surface area contributed by atoms with Gasteiger partial charge in [-0.25, -0.2) is 0 Å². The summed E-state index contributed by atoms with van der Waals surface area (Å²) in [6, 6.07) is 4.65. The number of aromatic nitrogens is 1. The van der Waals surface area contributed by atoms with E-state index in [0.29, 0.717) is 11.6 Å². The van der Waals surface area contributed by atoms with Gasteiger partial charge in [-0.3, -0.25) is 10.1 Å². The third kappa shape index (κ3) is 2.29. The molecule has 1 heterocycles. The Kier molecular flexibility index (Phi) is 3.25. The Bertz CT molecular complexity index is 632. The number of non-ortho nitro benzene ring substituents is 1. The third-order valence-electron chi connectivity index (χ3n) is 3.01. The molecule has 6 heteroatoms. The summed E-state index contributed by atoms with van der Waals surface area (Å²) in [4.78, 5) is 10.3. The average molecular weight is 261 g/mol. The molecule has 0 radical (unpaired) electrons. The number of aryl methyl sites for hydroxylation is 1. The molecule has 6 nitrogen and oxygen atoms in total. The summed E-state index contributed by atoms with van der Waals surface area (Å²) < 4.78 is 5.04. The predicted octanol–water partition coefficient (Wildman–Crippen LogP) is 3.26. The fraction of sp³-hybridized carbons (Fsp3) is 0.308. The van der Waals surface area contributed by atoms with Crippen LogP contribution in [0.4, 0.5) is 11.6 Å². The van der Waals surface area contributed by atoms with E-state index in [4.69, 9.17) is 10.3 Å².